The molecule has 1 N–H and O–H groups in total. The summed E-state index contributed by atoms with van der Waals surface area (Å²) in [6.45, 7) is 2.82. The van der Waals surface area contributed by atoms with Crippen LogP contribution in [0.3, 0.4) is 0 Å². The van der Waals surface area contributed by atoms with E-state index < -0.39 is 4.92 Å². The number of hydrogen-bond donors (Lipinski definition) is 1. The van der Waals surface area contributed by atoms with Crippen molar-refractivity contribution >= 4 is 17.3 Å². The Morgan fingerprint density at radius 1 is 1.56 bits per heavy atom. The Kier molecular flexibility index (Phi) is 4.19. The van der Waals surface area contributed by atoms with Gasteiger partial charge in [0.25, 0.3) is 5.69 Å². The molecule has 1 aliphatic carbocycles. The van der Waals surface area contributed by atoms with Gasteiger partial charge in [0, 0.05) is 18.7 Å². The van der Waals surface area contributed by atoms with E-state index in [0.717, 1.165) is 11.5 Å². The van der Waals surface area contributed by atoms with Gasteiger partial charge in [-0.15, -0.1) is 0 Å². The van der Waals surface area contributed by atoms with Crippen molar-refractivity contribution < 1.29 is 4.92 Å². The number of nitro benzene ring substituents is 1. The molecule has 1 fully saturated rings. The van der Waals surface area contributed by atoms with Gasteiger partial charge in [0.2, 0.25) is 0 Å². The fraction of sp³-hybridized carbons (Fsp3) is 0.538. The number of benzene rings is 1. The zero-order valence-electron chi connectivity index (χ0n) is 10.4. The molecule has 5 heteroatoms. The van der Waals surface area contributed by atoms with Crippen LogP contribution in [0.2, 0.25) is 5.02 Å². The molecule has 2 rings (SSSR count). The lowest BCUT2D eigenvalue weighted by Gasteiger charge is -2.32. The van der Waals surface area contributed by atoms with E-state index in [1.165, 1.54) is 19.3 Å². The summed E-state index contributed by atoms with van der Waals surface area (Å²) in [6.07, 6.45) is 3.90. The summed E-state index contributed by atoms with van der Waals surface area (Å²) in [5, 5.41) is 14.4. The lowest BCUT2D eigenvalue weighted by molar-refractivity contribution is -0.384. The van der Waals surface area contributed by atoms with Gasteiger partial charge in [-0.3, -0.25) is 10.1 Å². The van der Waals surface area contributed by atoms with Crippen LogP contribution < -0.4 is 5.32 Å². The Hall–Kier alpha value is -1.13. The molecule has 0 radical (unpaired) electrons. The van der Waals surface area contributed by atoms with Crippen LogP contribution in [0, 0.1) is 16.0 Å². The summed E-state index contributed by atoms with van der Waals surface area (Å²) in [4.78, 5) is 10.3. The zero-order chi connectivity index (χ0) is 13.1. The lowest BCUT2D eigenvalue weighted by Crippen LogP contribution is -2.36. The molecule has 0 saturated heterocycles. The highest BCUT2D eigenvalue weighted by molar-refractivity contribution is 6.32. The van der Waals surface area contributed by atoms with Crippen molar-refractivity contribution in [1.29, 1.82) is 0 Å². The van der Waals surface area contributed by atoms with Crippen LogP contribution in [0.4, 0.5) is 5.69 Å². The SMILES string of the molecule is CC(NCc1ccc(Cl)c([N+](=O)[O-])c1)C1CCC1. The van der Waals surface area contributed by atoms with E-state index in [0.29, 0.717) is 12.6 Å². The van der Waals surface area contributed by atoms with Crippen molar-refractivity contribution in [2.24, 2.45) is 5.92 Å². The van der Waals surface area contributed by atoms with Crippen LogP contribution in [0.15, 0.2) is 18.2 Å². The predicted molar refractivity (Wildman–Crippen MR) is 71.7 cm³/mol. The molecule has 1 unspecified atom stereocenters. The molecule has 0 aliphatic heterocycles. The highest BCUT2D eigenvalue weighted by atomic mass is 35.5. The summed E-state index contributed by atoms with van der Waals surface area (Å²) >= 11 is 5.77. The first-order valence-corrected chi connectivity index (χ1v) is 6.62. The average Bonchev–Trinajstić information content (AvgIpc) is 2.25. The van der Waals surface area contributed by atoms with E-state index in [2.05, 4.69) is 12.2 Å². The molecule has 0 aromatic heterocycles. The second-order valence-corrected chi connectivity index (χ2v) is 5.31. The maximum absolute atomic E-state index is 10.8. The minimum Gasteiger partial charge on any atom is -0.310 e. The molecule has 1 atom stereocenters. The third-order valence-corrected chi connectivity index (χ3v) is 4.01. The van der Waals surface area contributed by atoms with E-state index in [9.17, 15) is 10.1 Å². The molecular weight excluding hydrogens is 252 g/mol. The second kappa shape index (κ2) is 5.67. The van der Waals surface area contributed by atoms with Crippen molar-refractivity contribution in [2.75, 3.05) is 0 Å². The molecule has 0 bridgehead atoms. The number of nitrogens with one attached hydrogen (secondary N) is 1. The summed E-state index contributed by atoms with van der Waals surface area (Å²) in [5.41, 5.74) is 0.879. The van der Waals surface area contributed by atoms with E-state index in [4.69, 9.17) is 11.6 Å². The van der Waals surface area contributed by atoms with Gasteiger partial charge in [-0.25, -0.2) is 0 Å². The Labute approximate surface area is 111 Å². The molecule has 1 aromatic rings. The Balaban J connectivity index is 1.96. The minimum atomic E-state index is -0.443. The van der Waals surface area contributed by atoms with Gasteiger partial charge in [-0.2, -0.15) is 0 Å². The molecule has 0 amide bonds. The summed E-state index contributed by atoms with van der Waals surface area (Å²) < 4.78 is 0. The second-order valence-electron chi connectivity index (χ2n) is 4.90. The van der Waals surface area contributed by atoms with Crippen molar-refractivity contribution in [1.82, 2.24) is 5.32 Å². The van der Waals surface area contributed by atoms with Crippen molar-refractivity contribution in [2.45, 2.75) is 38.8 Å². The number of hydrogen-bond acceptors (Lipinski definition) is 3. The van der Waals surface area contributed by atoms with E-state index >= 15 is 0 Å². The first-order valence-electron chi connectivity index (χ1n) is 6.24. The molecule has 1 aliphatic rings. The maximum Gasteiger partial charge on any atom is 0.288 e. The maximum atomic E-state index is 10.8. The van der Waals surface area contributed by atoms with Crippen LogP contribution in [-0.2, 0) is 6.54 Å². The monoisotopic (exact) mass is 268 g/mol. The highest BCUT2D eigenvalue weighted by Gasteiger charge is 2.23. The van der Waals surface area contributed by atoms with Crippen LogP contribution in [0.1, 0.15) is 31.7 Å². The number of nitrogens with zero attached hydrogens (tertiary/aromatic N) is 1. The molecule has 1 aromatic carbocycles. The Morgan fingerprint density at radius 3 is 2.83 bits per heavy atom. The van der Waals surface area contributed by atoms with E-state index in [1.54, 1.807) is 12.1 Å². The van der Waals surface area contributed by atoms with Gasteiger partial charge in [0.05, 0.1) is 4.92 Å². The van der Waals surface area contributed by atoms with Gasteiger partial charge < -0.3 is 5.32 Å². The highest BCUT2D eigenvalue weighted by Crippen LogP contribution is 2.30. The van der Waals surface area contributed by atoms with Crippen LogP contribution in [0.25, 0.3) is 0 Å². The summed E-state index contributed by atoms with van der Waals surface area (Å²) in [7, 11) is 0. The predicted octanol–water partition coefficient (Wildman–Crippen LogP) is 3.53. The summed E-state index contributed by atoms with van der Waals surface area (Å²) in [5.74, 6) is 0.757. The third-order valence-electron chi connectivity index (χ3n) is 3.69. The fourth-order valence-corrected chi connectivity index (χ4v) is 2.38. The van der Waals surface area contributed by atoms with Gasteiger partial charge in [0.15, 0.2) is 0 Å². The number of rotatable bonds is 5. The summed E-state index contributed by atoms with van der Waals surface area (Å²) in [6, 6.07) is 5.43. The molecule has 4 nitrogen and oxygen atoms in total. The first-order chi connectivity index (χ1) is 8.58. The van der Waals surface area contributed by atoms with Crippen LogP contribution in [-0.4, -0.2) is 11.0 Å². The molecule has 18 heavy (non-hydrogen) atoms. The molecule has 0 heterocycles. The topological polar surface area (TPSA) is 55.2 Å². The first kappa shape index (κ1) is 13.3. The Morgan fingerprint density at radius 2 is 2.28 bits per heavy atom. The lowest BCUT2D eigenvalue weighted by atomic mass is 9.80. The standard InChI is InChI=1S/C13H17ClN2O2/c1-9(11-3-2-4-11)15-8-10-5-6-12(14)13(7-10)16(17)18/h5-7,9,11,15H,2-4,8H2,1H3. The van der Waals surface area contributed by atoms with Crippen molar-refractivity contribution in [3.05, 3.63) is 38.9 Å². The Bertz CT molecular complexity index is 447. The van der Waals surface area contributed by atoms with Crippen molar-refractivity contribution in [3.63, 3.8) is 0 Å². The smallest absolute Gasteiger partial charge is 0.288 e. The number of nitro groups is 1. The van der Waals surface area contributed by atoms with Gasteiger partial charge in [-0.1, -0.05) is 24.1 Å². The fourth-order valence-electron chi connectivity index (χ4n) is 2.19. The minimum absolute atomic E-state index is 0.0211. The van der Waals surface area contributed by atoms with Gasteiger partial charge >= 0.3 is 0 Å². The molecule has 98 valence electrons. The third kappa shape index (κ3) is 3.00. The largest absolute Gasteiger partial charge is 0.310 e. The molecule has 1 saturated carbocycles. The van der Waals surface area contributed by atoms with Gasteiger partial charge in [-0.05, 0) is 37.3 Å². The quantitative estimate of drug-likeness (QED) is 0.657. The van der Waals surface area contributed by atoms with E-state index in [1.807, 2.05) is 6.07 Å². The molecular formula is C13H17ClN2O2. The van der Waals surface area contributed by atoms with Crippen LogP contribution in [0.5, 0.6) is 0 Å². The van der Waals surface area contributed by atoms with Crippen LogP contribution >= 0.6 is 11.6 Å². The zero-order valence-corrected chi connectivity index (χ0v) is 11.1. The molecule has 0 spiro atoms. The van der Waals surface area contributed by atoms with Crippen molar-refractivity contribution in [3.8, 4) is 0 Å². The van der Waals surface area contributed by atoms with Gasteiger partial charge in [0.1, 0.15) is 5.02 Å². The normalized spacial score (nSPS) is 17.2. The number of halogens is 1. The van der Waals surface area contributed by atoms with E-state index in [-0.39, 0.29) is 10.7 Å². The average molecular weight is 269 g/mol.